The van der Waals surface area contributed by atoms with Crippen molar-refractivity contribution in [3.63, 3.8) is 0 Å². The number of nitrogens with zero attached hydrogens (tertiary/aromatic N) is 2. The molecule has 1 saturated carbocycles. The molecule has 0 unspecified atom stereocenters. The van der Waals surface area contributed by atoms with Crippen LogP contribution < -0.4 is 14.8 Å². The molecule has 2 aromatic carbocycles. The summed E-state index contributed by atoms with van der Waals surface area (Å²) in [4.78, 5) is 30.0. The van der Waals surface area contributed by atoms with Gasteiger partial charge in [-0.3, -0.25) is 9.52 Å². The van der Waals surface area contributed by atoms with Crippen LogP contribution in [0.25, 0.3) is 0 Å². The van der Waals surface area contributed by atoms with Gasteiger partial charge < -0.3 is 25.0 Å². The minimum absolute atomic E-state index is 0.108. The van der Waals surface area contributed by atoms with E-state index in [2.05, 4.69) is 10.0 Å². The monoisotopic (exact) mass is 586 g/mol. The lowest BCUT2D eigenvalue weighted by atomic mass is 9.96. The van der Waals surface area contributed by atoms with Gasteiger partial charge in [0.2, 0.25) is 0 Å². The second-order valence-corrected chi connectivity index (χ2v) is 13.1. The van der Waals surface area contributed by atoms with Crippen LogP contribution in [0.15, 0.2) is 47.4 Å². The van der Waals surface area contributed by atoms with E-state index in [1.165, 1.54) is 24.6 Å². The van der Waals surface area contributed by atoms with E-state index in [0.717, 1.165) is 31.2 Å². The molecule has 0 spiro atoms. The number of carbonyl (C=O) groups is 2. The van der Waals surface area contributed by atoms with Crippen LogP contribution in [0, 0.1) is 12.8 Å². The van der Waals surface area contributed by atoms with Crippen molar-refractivity contribution < 1.29 is 27.9 Å². The topological polar surface area (TPSA) is 128 Å². The second-order valence-electron chi connectivity index (χ2n) is 11.4. The van der Waals surface area contributed by atoms with E-state index in [9.17, 15) is 23.1 Å². The Hall–Kier alpha value is -3.31. The summed E-state index contributed by atoms with van der Waals surface area (Å²) in [5.74, 6) is -0.238. The first-order valence-electron chi connectivity index (χ1n) is 14.3. The largest absolute Gasteiger partial charge is 0.487 e. The van der Waals surface area contributed by atoms with Gasteiger partial charge in [-0.25, -0.2) is 13.2 Å². The summed E-state index contributed by atoms with van der Waals surface area (Å²) in [6, 6.07) is 10.6. The Labute approximate surface area is 243 Å². The molecule has 0 aromatic heterocycles. The van der Waals surface area contributed by atoms with Crippen molar-refractivity contribution in [1.29, 1.82) is 0 Å². The molecule has 11 heteroatoms. The van der Waals surface area contributed by atoms with Crippen LogP contribution in [0.1, 0.15) is 61.9 Å². The number of fused-ring (bicyclic) bond motifs is 1. The molecule has 1 fully saturated rings. The highest BCUT2D eigenvalue weighted by molar-refractivity contribution is 7.92. The number of aliphatic hydroxyl groups is 1. The third-order valence-corrected chi connectivity index (χ3v) is 9.38. The van der Waals surface area contributed by atoms with Crippen LogP contribution in [0.5, 0.6) is 5.75 Å². The van der Waals surface area contributed by atoms with Crippen molar-refractivity contribution >= 4 is 27.6 Å². The Kier molecular flexibility index (Phi) is 9.80. The molecule has 0 saturated heterocycles. The molecule has 1 heterocycles. The molecule has 10 nitrogen and oxygen atoms in total. The van der Waals surface area contributed by atoms with E-state index in [-0.39, 0.29) is 53.2 Å². The maximum atomic E-state index is 13.7. The van der Waals surface area contributed by atoms with Gasteiger partial charge in [0.25, 0.3) is 15.9 Å². The third-order valence-electron chi connectivity index (χ3n) is 7.98. The summed E-state index contributed by atoms with van der Waals surface area (Å²) in [7, 11) is -2.16. The van der Waals surface area contributed by atoms with E-state index in [1.54, 1.807) is 48.0 Å². The second kappa shape index (κ2) is 13.1. The lowest BCUT2D eigenvalue weighted by molar-refractivity contribution is 0.0366. The molecule has 3 N–H and O–H groups in total. The van der Waals surface area contributed by atoms with Gasteiger partial charge in [0.05, 0.1) is 29.7 Å². The number of urea groups is 1. The van der Waals surface area contributed by atoms with E-state index in [4.69, 9.17) is 4.74 Å². The van der Waals surface area contributed by atoms with Gasteiger partial charge in [-0.1, -0.05) is 43.9 Å². The summed E-state index contributed by atoms with van der Waals surface area (Å²) >= 11 is 0. The molecule has 41 heavy (non-hydrogen) atoms. The number of nitrogens with one attached hydrogen (secondary N) is 2. The number of ether oxygens (including phenoxy) is 1. The predicted octanol–water partition coefficient (Wildman–Crippen LogP) is 3.99. The molecule has 0 bridgehead atoms. The Bertz CT molecular complexity index is 1330. The van der Waals surface area contributed by atoms with Crippen molar-refractivity contribution in [3.8, 4) is 5.75 Å². The van der Waals surface area contributed by atoms with E-state index < -0.39 is 22.2 Å². The molecule has 4 rings (SSSR count). The van der Waals surface area contributed by atoms with E-state index in [1.807, 2.05) is 13.8 Å². The number of anilines is 1. The van der Waals surface area contributed by atoms with Crippen molar-refractivity contribution in [1.82, 2.24) is 15.1 Å². The van der Waals surface area contributed by atoms with Crippen molar-refractivity contribution in [3.05, 3.63) is 53.6 Å². The first-order valence-corrected chi connectivity index (χ1v) is 15.8. The first-order chi connectivity index (χ1) is 19.5. The average Bonchev–Trinajstić information content (AvgIpc) is 2.95. The number of hydrogen-bond acceptors (Lipinski definition) is 6. The van der Waals surface area contributed by atoms with Crippen LogP contribution >= 0.6 is 0 Å². The molecule has 3 atom stereocenters. The van der Waals surface area contributed by atoms with Gasteiger partial charge in [0, 0.05) is 31.2 Å². The fraction of sp³-hybridized carbons (Fsp3) is 0.533. The van der Waals surface area contributed by atoms with Crippen LogP contribution in [-0.2, 0) is 10.0 Å². The number of amides is 3. The number of rotatable bonds is 8. The van der Waals surface area contributed by atoms with Crippen molar-refractivity contribution in [2.75, 3.05) is 31.5 Å². The number of sulfonamides is 1. The minimum Gasteiger partial charge on any atom is -0.487 e. The quantitative estimate of drug-likeness (QED) is 0.429. The fourth-order valence-corrected chi connectivity index (χ4v) is 6.37. The Morgan fingerprint density at radius 3 is 2.49 bits per heavy atom. The Morgan fingerprint density at radius 2 is 1.83 bits per heavy atom. The number of hydrogen-bond donors (Lipinski definition) is 3. The molecule has 1 aliphatic heterocycles. The number of benzene rings is 2. The van der Waals surface area contributed by atoms with Crippen LogP contribution in [0.2, 0.25) is 0 Å². The zero-order chi connectivity index (χ0) is 29.7. The molecule has 1 aliphatic carbocycles. The Morgan fingerprint density at radius 1 is 1.15 bits per heavy atom. The lowest BCUT2D eigenvalue weighted by Gasteiger charge is -2.38. The van der Waals surface area contributed by atoms with E-state index in [0.29, 0.717) is 12.3 Å². The zero-order valence-electron chi connectivity index (χ0n) is 24.3. The van der Waals surface area contributed by atoms with Crippen molar-refractivity contribution in [2.45, 2.75) is 76.0 Å². The Balaban J connectivity index is 1.59. The number of aryl methyl sites for hydroxylation is 1. The highest BCUT2D eigenvalue weighted by Crippen LogP contribution is 2.31. The van der Waals surface area contributed by atoms with Crippen molar-refractivity contribution in [2.24, 2.45) is 5.92 Å². The van der Waals surface area contributed by atoms with Crippen LogP contribution in [0.4, 0.5) is 10.5 Å². The van der Waals surface area contributed by atoms with Gasteiger partial charge in [0.15, 0.2) is 0 Å². The number of carbonyl (C=O) groups excluding carboxylic acids is 2. The maximum absolute atomic E-state index is 13.7. The highest BCUT2D eigenvalue weighted by atomic mass is 32.2. The number of aliphatic hydroxyl groups excluding tert-OH is 1. The molecule has 3 amide bonds. The maximum Gasteiger partial charge on any atom is 0.317 e. The lowest BCUT2D eigenvalue weighted by Crippen LogP contribution is -2.52. The van der Waals surface area contributed by atoms with Crippen LogP contribution in [-0.4, -0.2) is 80.2 Å². The summed E-state index contributed by atoms with van der Waals surface area (Å²) in [5.41, 5.74) is 1.33. The summed E-state index contributed by atoms with van der Waals surface area (Å²) in [6.45, 7) is 5.94. The molecular weight excluding hydrogens is 544 g/mol. The molecule has 224 valence electrons. The normalized spacial score (nSPS) is 20.7. The SMILES string of the molecule is Cc1ccc(S(=O)(=O)Nc2ccc3c(c2)C(=O)N([C@H](C)CO)C[C@H](C)[C@@H](CN(C)C(=O)NC2CCCCC2)O3)cc1. The zero-order valence-corrected chi connectivity index (χ0v) is 25.1. The van der Waals surface area contributed by atoms with Gasteiger partial charge >= 0.3 is 6.03 Å². The van der Waals surface area contributed by atoms with Gasteiger partial charge in [-0.15, -0.1) is 0 Å². The smallest absolute Gasteiger partial charge is 0.317 e. The average molecular weight is 587 g/mol. The predicted molar refractivity (Wildman–Crippen MR) is 158 cm³/mol. The fourth-order valence-electron chi connectivity index (χ4n) is 5.32. The molecule has 0 radical (unpaired) electrons. The number of likely N-dealkylation sites (N-methyl/N-ethyl adjacent to an activating group) is 1. The van der Waals surface area contributed by atoms with Gasteiger partial charge in [-0.2, -0.15) is 0 Å². The highest BCUT2D eigenvalue weighted by Gasteiger charge is 2.34. The van der Waals surface area contributed by atoms with Crippen LogP contribution in [0.3, 0.4) is 0 Å². The summed E-state index contributed by atoms with van der Waals surface area (Å²) in [5, 5.41) is 13.0. The standard InChI is InChI=1S/C30H42N4O6S/c1-20-10-13-25(14-11-20)41(38,39)32-24-12-15-27-26(16-24)29(36)34(22(3)19-35)17-21(2)28(40-27)18-33(4)30(37)31-23-8-6-5-7-9-23/h10-16,21-23,28,32,35H,5-9,17-19H2,1-4H3,(H,31,37)/t21-,22+,28+/m0/s1. The van der Waals surface area contributed by atoms with E-state index >= 15 is 0 Å². The third kappa shape index (κ3) is 7.51. The first kappa shape index (κ1) is 30.6. The molecule has 2 aliphatic rings. The summed E-state index contributed by atoms with van der Waals surface area (Å²) < 4.78 is 35.0. The summed E-state index contributed by atoms with van der Waals surface area (Å²) in [6.07, 6.45) is 4.94. The van der Waals surface area contributed by atoms with Gasteiger partial charge in [-0.05, 0) is 57.0 Å². The molecule has 2 aromatic rings. The molecular formula is C30H42N4O6S. The minimum atomic E-state index is -3.89. The van der Waals surface area contributed by atoms with Gasteiger partial charge in [0.1, 0.15) is 11.9 Å².